The van der Waals surface area contributed by atoms with Crippen molar-refractivity contribution in [2.24, 2.45) is 5.92 Å². The Labute approximate surface area is 100 Å². The summed E-state index contributed by atoms with van der Waals surface area (Å²) in [6, 6.07) is 8.21. The zero-order chi connectivity index (χ0) is 10.7. The molecule has 1 nitrogen and oxygen atoms in total. The number of hydrogen-bond acceptors (Lipinski definition) is 1. The average Bonchev–Trinajstić information content (AvgIpc) is 2.69. The Bertz CT molecular complexity index is 323. The number of rotatable bonds is 4. The molecule has 2 rings (SSSR count). The van der Waals surface area contributed by atoms with Crippen LogP contribution in [0.3, 0.4) is 0 Å². The van der Waals surface area contributed by atoms with Gasteiger partial charge in [-0.1, -0.05) is 18.2 Å². The first-order chi connectivity index (χ1) is 7.35. The molecule has 1 unspecified atom stereocenters. The summed E-state index contributed by atoms with van der Waals surface area (Å²) in [5.41, 5.74) is 1.30. The molecule has 15 heavy (non-hydrogen) atoms. The van der Waals surface area contributed by atoms with Gasteiger partial charge >= 0.3 is 0 Å². The molecular formula is C12H14Cl2O. The largest absolute Gasteiger partial charge is 0.493 e. The molecule has 1 aliphatic rings. The minimum Gasteiger partial charge on any atom is -0.493 e. The van der Waals surface area contributed by atoms with Gasteiger partial charge in [0.2, 0.25) is 0 Å². The summed E-state index contributed by atoms with van der Waals surface area (Å²) in [5.74, 6) is 3.12. The fourth-order valence-electron chi connectivity index (χ4n) is 1.99. The number of fused-ring (bicyclic) bond motifs is 1. The Morgan fingerprint density at radius 1 is 1.27 bits per heavy atom. The van der Waals surface area contributed by atoms with Crippen molar-refractivity contribution in [3.05, 3.63) is 29.8 Å². The summed E-state index contributed by atoms with van der Waals surface area (Å²) < 4.78 is 5.61. The van der Waals surface area contributed by atoms with Crippen LogP contribution >= 0.6 is 23.2 Å². The topological polar surface area (TPSA) is 9.23 Å². The van der Waals surface area contributed by atoms with Crippen molar-refractivity contribution in [2.45, 2.75) is 12.3 Å². The van der Waals surface area contributed by atoms with Crippen molar-refractivity contribution in [3.8, 4) is 5.75 Å². The van der Waals surface area contributed by atoms with E-state index in [1.54, 1.807) is 0 Å². The number of ether oxygens (including phenoxy) is 1. The van der Waals surface area contributed by atoms with E-state index >= 15 is 0 Å². The van der Waals surface area contributed by atoms with Crippen LogP contribution in [-0.2, 0) is 0 Å². The second kappa shape index (κ2) is 5.09. The zero-order valence-corrected chi connectivity index (χ0v) is 9.97. The first-order valence-corrected chi connectivity index (χ1v) is 6.25. The lowest BCUT2D eigenvalue weighted by atomic mass is 9.92. The number of benzene rings is 1. The Balaban J connectivity index is 2.07. The van der Waals surface area contributed by atoms with Gasteiger partial charge in [-0.05, 0) is 18.4 Å². The highest BCUT2D eigenvalue weighted by molar-refractivity contribution is 6.20. The van der Waals surface area contributed by atoms with Gasteiger partial charge < -0.3 is 4.74 Å². The Morgan fingerprint density at radius 3 is 2.73 bits per heavy atom. The summed E-state index contributed by atoms with van der Waals surface area (Å²) >= 11 is 11.7. The van der Waals surface area contributed by atoms with Gasteiger partial charge in [-0.3, -0.25) is 0 Å². The molecular weight excluding hydrogens is 231 g/mol. The monoisotopic (exact) mass is 244 g/mol. The van der Waals surface area contributed by atoms with E-state index in [9.17, 15) is 0 Å². The van der Waals surface area contributed by atoms with Crippen LogP contribution in [0.5, 0.6) is 5.75 Å². The summed E-state index contributed by atoms with van der Waals surface area (Å²) in [4.78, 5) is 0. The molecule has 1 aromatic rings. The fourth-order valence-corrected chi connectivity index (χ4v) is 2.58. The second-order valence-electron chi connectivity index (χ2n) is 3.96. The number of para-hydroxylation sites is 1. The molecule has 82 valence electrons. The van der Waals surface area contributed by atoms with E-state index in [0.717, 1.165) is 18.8 Å². The van der Waals surface area contributed by atoms with E-state index in [1.165, 1.54) is 5.56 Å². The number of halogens is 2. The third-order valence-corrected chi connectivity index (χ3v) is 3.73. The summed E-state index contributed by atoms with van der Waals surface area (Å²) in [6.07, 6.45) is 1.02. The maximum absolute atomic E-state index is 5.85. The minimum absolute atomic E-state index is 0.382. The maximum atomic E-state index is 5.85. The van der Waals surface area contributed by atoms with Crippen LogP contribution in [0.2, 0.25) is 0 Å². The highest BCUT2D eigenvalue weighted by atomic mass is 35.5. The van der Waals surface area contributed by atoms with Gasteiger partial charge in [0, 0.05) is 23.2 Å². The molecule has 0 bridgehead atoms. The Morgan fingerprint density at radius 2 is 2.00 bits per heavy atom. The smallest absolute Gasteiger partial charge is 0.122 e. The molecule has 0 spiro atoms. The van der Waals surface area contributed by atoms with E-state index < -0.39 is 0 Å². The van der Waals surface area contributed by atoms with Crippen LogP contribution < -0.4 is 4.74 Å². The zero-order valence-electron chi connectivity index (χ0n) is 8.46. The highest BCUT2D eigenvalue weighted by Crippen LogP contribution is 2.37. The van der Waals surface area contributed by atoms with E-state index in [-0.39, 0.29) is 0 Å². The van der Waals surface area contributed by atoms with E-state index in [0.29, 0.717) is 23.6 Å². The van der Waals surface area contributed by atoms with Gasteiger partial charge in [-0.25, -0.2) is 0 Å². The molecule has 1 aromatic carbocycles. The van der Waals surface area contributed by atoms with Gasteiger partial charge in [0.25, 0.3) is 0 Å². The third-order valence-electron chi connectivity index (χ3n) is 2.85. The first kappa shape index (κ1) is 11.1. The molecule has 0 N–H and O–H groups in total. The molecule has 0 saturated heterocycles. The van der Waals surface area contributed by atoms with Crippen molar-refractivity contribution >= 4 is 23.2 Å². The summed E-state index contributed by atoms with van der Waals surface area (Å²) in [5, 5.41) is 0. The van der Waals surface area contributed by atoms with Crippen LogP contribution in [0.25, 0.3) is 0 Å². The van der Waals surface area contributed by atoms with Crippen LogP contribution in [0.1, 0.15) is 17.9 Å². The maximum Gasteiger partial charge on any atom is 0.122 e. The van der Waals surface area contributed by atoms with Crippen LogP contribution in [0, 0.1) is 5.92 Å². The van der Waals surface area contributed by atoms with E-state index in [2.05, 4.69) is 12.1 Å². The average molecular weight is 245 g/mol. The quantitative estimate of drug-likeness (QED) is 0.736. The van der Waals surface area contributed by atoms with E-state index in [1.807, 2.05) is 12.1 Å². The summed E-state index contributed by atoms with van der Waals surface area (Å²) in [7, 11) is 0. The van der Waals surface area contributed by atoms with Crippen molar-refractivity contribution in [3.63, 3.8) is 0 Å². The standard InChI is InChI=1S/C12H14Cl2O/c13-6-9(7-14)5-10-8-15-12-4-2-1-3-11(10)12/h1-4,9-10H,5-8H2. The molecule has 0 radical (unpaired) electrons. The predicted molar refractivity (Wildman–Crippen MR) is 64.2 cm³/mol. The summed E-state index contributed by atoms with van der Waals surface area (Å²) in [6.45, 7) is 0.767. The lowest BCUT2D eigenvalue weighted by Crippen LogP contribution is -2.11. The molecule has 0 fully saturated rings. The molecule has 0 saturated carbocycles. The lowest BCUT2D eigenvalue weighted by molar-refractivity contribution is 0.314. The van der Waals surface area contributed by atoms with Crippen molar-refractivity contribution < 1.29 is 4.74 Å². The van der Waals surface area contributed by atoms with Gasteiger partial charge in [0.1, 0.15) is 5.75 Å². The molecule has 0 amide bonds. The number of hydrogen-bond donors (Lipinski definition) is 0. The molecule has 3 heteroatoms. The van der Waals surface area contributed by atoms with Crippen molar-refractivity contribution in [1.82, 2.24) is 0 Å². The van der Waals surface area contributed by atoms with Gasteiger partial charge in [0.05, 0.1) is 6.61 Å². The lowest BCUT2D eigenvalue weighted by Gasteiger charge is -2.14. The van der Waals surface area contributed by atoms with Crippen LogP contribution in [-0.4, -0.2) is 18.4 Å². The molecule has 1 heterocycles. The molecule has 0 aliphatic carbocycles. The number of alkyl halides is 2. The second-order valence-corrected chi connectivity index (χ2v) is 4.57. The minimum atomic E-state index is 0.382. The normalized spacial score (nSPS) is 19.0. The van der Waals surface area contributed by atoms with Crippen LogP contribution in [0.4, 0.5) is 0 Å². The molecule has 1 aliphatic heterocycles. The SMILES string of the molecule is ClCC(CCl)CC1COc2ccccc21. The van der Waals surface area contributed by atoms with Gasteiger partial charge in [-0.2, -0.15) is 0 Å². The Hall–Kier alpha value is -0.400. The van der Waals surface area contributed by atoms with Gasteiger partial charge in [0.15, 0.2) is 0 Å². The molecule has 0 aromatic heterocycles. The van der Waals surface area contributed by atoms with Crippen LogP contribution in [0.15, 0.2) is 24.3 Å². The molecule has 1 atom stereocenters. The predicted octanol–water partition coefficient (Wildman–Crippen LogP) is 3.65. The third kappa shape index (κ3) is 2.40. The fraction of sp³-hybridized carbons (Fsp3) is 0.500. The highest BCUT2D eigenvalue weighted by Gasteiger charge is 2.25. The first-order valence-electron chi connectivity index (χ1n) is 5.18. The Kier molecular flexibility index (Phi) is 3.76. The van der Waals surface area contributed by atoms with Crippen molar-refractivity contribution in [1.29, 1.82) is 0 Å². The van der Waals surface area contributed by atoms with Crippen molar-refractivity contribution in [2.75, 3.05) is 18.4 Å². The van der Waals surface area contributed by atoms with Gasteiger partial charge in [-0.15, -0.1) is 23.2 Å². The van der Waals surface area contributed by atoms with E-state index in [4.69, 9.17) is 27.9 Å².